The summed E-state index contributed by atoms with van der Waals surface area (Å²) in [5.74, 6) is -1.78. The zero-order chi connectivity index (χ0) is 12.3. The number of carboxylic acid groups (broad SMARTS) is 1. The summed E-state index contributed by atoms with van der Waals surface area (Å²) in [7, 11) is 0. The van der Waals surface area contributed by atoms with Crippen LogP contribution in [0.1, 0.15) is 5.89 Å². The van der Waals surface area contributed by atoms with E-state index in [1.807, 2.05) is 0 Å². The number of pyridine rings is 1. The summed E-state index contributed by atoms with van der Waals surface area (Å²) < 4.78 is 18.4. The van der Waals surface area contributed by atoms with Gasteiger partial charge < -0.3 is 9.52 Å². The average molecular weight is 235 g/mol. The van der Waals surface area contributed by atoms with Gasteiger partial charge in [-0.05, 0) is 6.07 Å². The molecule has 0 atom stereocenters. The largest absolute Gasteiger partial charge is 0.478 e. The van der Waals surface area contributed by atoms with Crippen LogP contribution >= 0.6 is 0 Å². The summed E-state index contributed by atoms with van der Waals surface area (Å²) in [6.07, 6.45) is 4.37. The molecule has 0 fully saturated rings. The van der Waals surface area contributed by atoms with Gasteiger partial charge in [-0.3, -0.25) is 4.98 Å². The predicted molar refractivity (Wildman–Crippen MR) is 54.2 cm³/mol. The van der Waals surface area contributed by atoms with E-state index in [1.54, 1.807) is 0 Å². The molecule has 0 radical (unpaired) electrons. The van der Waals surface area contributed by atoms with Crippen LogP contribution in [0.2, 0.25) is 0 Å². The molecule has 1 N–H and O–H groups in total. The van der Waals surface area contributed by atoms with Crippen molar-refractivity contribution in [3.63, 3.8) is 0 Å². The zero-order valence-corrected chi connectivity index (χ0v) is 8.37. The Morgan fingerprint density at radius 3 is 3.00 bits per heavy atom. The smallest absolute Gasteiger partial charge is 0.328 e. The summed E-state index contributed by atoms with van der Waals surface area (Å²) in [6, 6.07) is 1.38. The molecular formula is C10H6FN3O3. The quantitative estimate of drug-likeness (QED) is 0.808. The highest BCUT2D eigenvalue weighted by Crippen LogP contribution is 2.20. The van der Waals surface area contributed by atoms with Crippen LogP contribution < -0.4 is 0 Å². The van der Waals surface area contributed by atoms with Gasteiger partial charge in [0.15, 0.2) is 5.82 Å². The van der Waals surface area contributed by atoms with Crippen LogP contribution in [0.15, 0.2) is 29.0 Å². The van der Waals surface area contributed by atoms with Crippen molar-refractivity contribution in [2.75, 3.05) is 0 Å². The van der Waals surface area contributed by atoms with Crippen LogP contribution in [-0.4, -0.2) is 26.3 Å². The minimum absolute atomic E-state index is 0.0152. The number of halogens is 1. The second-order valence-electron chi connectivity index (χ2n) is 2.97. The monoisotopic (exact) mass is 235 g/mol. The maximum atomic E-state index is 13.3. The molecule has 0 spiro atoms. The molecule has 0 unspecified atom stereocenters. The van der Waals surface area contributed by atoms with Gasteiger partial charge in [-0.1, -0.05) is 0 Å². The van der Waals surface area contributed by atoms with E-state index in [-0.39, 0.29) is 17.3 Å². The number of hydrogen-bond acceptors (Lipinski definition) is 5. The molecule has 7 heteroatoms. The van der Waals surface area contributed by atoms with Crippen LogP contribution in [0.4, 0.5) is 4.39 Å². The highest BCUT2D eigenvalue weighted by molar-refractivity contribution is 5.84. The fourth-order valence-corrected chi connectivity index (χ4v) is 1.10. The van der Waals surface area contributed by atoms with Crippen molar-refractivity contribution in [2.45, 2.75) is 0 Å². The summed E-state index contributed by atoms with van der Waals surface area (Å²) in [5.41, 5.74) is 0.113. The lowest BCUT2D eigenvalue weighted by molar-refractivity contribution is -0.131. The van der Waals surface area contributed by atoms with Crippen LogP contribution in [0, 0.1) is 5.82 Å². The predicted octanol–water partition coefficient (Wildman–Crippen LogP) is 1.37. The van der Waals surface area contributed by atoms with Crippen LogP contribution in [-0.2, 0) is 4.79 Å². The molecule has 0 aliphatic carbocycles. The van der Waals surface area contributed by atoms with E-state index >= 15 is 0 Å². The number of aliphatic carboxylic acids is 1. The van der Waals surface area contributed by atoms with Crippen LogP contribution in [0.25, 0.3) is 17.5 Å². The highest BCUT2D eigenvalue weighted by atomic mass is 19.1. The Kier molecular flexibility index (Phi) is 2.91. The Morgan fingerprint density at radius 1 is 1.47 bits per heavy atom. The summed E-state index contributed by atoms with van der Waals surface area (Å²) in [6.45, 7) is 0. The summed E-state index contributed by atoms with van der Waals surface area (Å²) >= 11 is 0. The third-order valence-corrected chi connectivity index (χ3v) is 1.81. The number of rotatable bonds is 3. The Labute approximate surface area is 94.4 Å². The molecule has 0 saturated heterocycles. The van der Waals surface area contributed by atoms with Gasteiger partial charge in [-0.15, -0.1) is 10.2 Å². The lowest BCUT2D eigenvalue weighted by Crippen LogP contribution is -1.85. The van der Waals surface area contributed by atoms with Crippen molar-refractivity contribution in [3.8, 4) is 11.5 Å². The first-order valence-electron chi connectivity index (χ1n) is 4.51. The van der Waals surface area contributed by atoms with Gasteiger partial charge >= 0.3 is 5.97 Å². The molecule has 0 saturated carbocycles. The molecule has 2 aromatic heterocycles. The minimum atomic E-state index is -1.14. The SMILES string of the molecule is O=C(O)/C=C/c1nnc(-c2ccncc2F)o1. The van der Waals surface area contributed by atoms with Crippen molar-refractivity contribution in [1.29, 1.82) is 0 Å². The number of carboxylic acids is 1. The first-order valence-corrected chi connectivity index (χ1v) is 4.51. The second-order valence-corrected chi connectivity index (χ2v) is 2.97. The molecule has 17 heavy (non-hydrogen) atoms. The average Bonchev–Trinajstić information content (AvgIpc) is 2.75. The van der Waals surface area contributed by atoms with E-state index in [0.717, 1.165) is 18.3 Å². The maximum absolute atomic E-state index is 13.3. The third-order valence-electron chi connectivity index (χ3n) is 1.81. The first-order chi connectivity index (χ1) is 8.16. The zero-order valence-electron chi connectivity index (χ0n) is 8.37. The van der Waals surface area contributed by atoms with Crippen LogP contribution in [0.3, 0.4) is 0 Å². The Bertz CT molecular complexity index is 580. The Balaban J connectivity index is 2.30. The van der Waals surface area contributed by atoms with Crippen molar-refractivity contribution in [1.82, 2.24) is 15.2 Å². The standard InChI is InChI=1S/C10H6FN3O3/c11-7-5-12-4-3-6(7)10-14-13-8(17-10)1-2-9(15)16/h1-5H,(H,15,16)/b2-1+. The van der Waals surface area contributed by atoms with Gasteiger partial charge in [0.25, 0.3) is 5.89 Å². The minimum Gasteiger partial charge on any atom is -0.478 e. The van der Waals surface area contributed by atoms with Crippen molar-refractivity contribution in [2.24, 2.45) is 0 Å². The van der Waals surface area contributed by atoms with E-state index in [4.69, 9.17) is 9.52 Å². The van der Waals surface area contributed by atoms with Crippen molar-refractivity contribution >= 4 is 12.0 Å². The molecule has 86 valence electrons. The van der Waals surface area contributed by atoms with E-state index < -0.39 is 11.8 Å². The Morgan fingerprint density at radius 2 is 2.29 bits per heavy atom. The van der Waals surface area contributed by atoms with Gasteiger partial charge in [-0.2, -0.15) is 0 Å². The van der Waals surface area contributed by atoms with Gasteiger partial charge in [0.2, 0.25) is 5.89 Å². The molecule has 0 aliphatic rings. The highest BCUT2D eigenvalue weighted by Gasteiger charge is 2.11. The van der Waals surface area contributed by atoms with Crippen LogP contribution in [0.5, 0.6) is 0 Å². The normalized spacial score (nSPS) is 10.9. The van der Waals surface area contributed by atoms with Gasteiger partial charge in [0.1, 0.15) is 0 Å². The fourth-order valence-electron chi connectivity index (χ4n) is 1.10. The topological polar surface area (TPSA) is 89.1 Å². The van der Waals surface area contributed by atoms with Crippen molar-refractivity contribution < 1.29 is 18.7 Å². The Hall–Kier alpha value is -2.57. The van der Waals surface area contributed by atoms with Gasteiger partial charge in [0, 0.05) is 18.3 Å². The lowest BCUT2D eigenvalue weighted by atomic mass is 10.2. The molecule has 2 aromatic rings. The second kappa shape index (κ2) is 4.52. The molecular weight excluding hydrogens is 229 g/mol. The van der Waals surface area contributed by atoms with Crippen molar-refractivity contribution in [3.05, 3.63) is 36.2 Å². The van der Waals surface area contributed by atoms with E-state index in [0.29, 0.717) is 0 Å². The lowest BCUT2D eigenvalue weighted by Gasteiger charge is -1.94. The molecule has 0 amide bonds. The first kappa shape index (κ1) is 10.9. The summed E-state index contributed by atoms with van der Waals surface area (Å²) in [5, 5.41) is 15.5. The maximum Gasteiger partial charge on any atom is 0.328 e. The number of nitrogens with zero attached hydrogens (tertiary/aromatic N) is 3. The van der Waals surface area contributed by atoms with Gasteiger partial charge in [-0.25, -0.2) is 9.18 Å². The summed E-state index contributed by atoms with van der Waals surface area (Å²) in [4.78, 5) is 13.8. The molecule has 6 nitrogen and oxygen atoms in total. The van der Waals surface area contributed by atoms with E-state index in [1.165, 1.54) is 12.3 Å². The number of carbonyl (C=O) groups is 1. The molecule has 0 bridgehead atoms. The third kappa shape index (κ3) is 2.51. The van der Waals surface area contributed by atoms with E-state index in [9.17, 15) is 9.18 Å². The molecule has 0 aliphatic heterocycles. The van der Waals surface area contributed by atoms with E-state index in [2.05, 4.69) is 15.2 Å². The number of aromatic nitrogens is 3. The molecule has 2 heterocycles. The van der Waals surface area contributed by atoms with Gasteiger partial charge in [0.05, 0.1) is 11.8 Å². The number of hydrogen-bond donors (Lipinski definition) is 1. The molecule has 2 rings (SSSR count). The fraction of sp³-hybridized carbons (Fsp3) is 0. The molecule has 0 aromatic carbocycles.